The minimum absolute atomic E-state index is 0.254. The lowest BCUT2D eigenvalue weighted by atomic mass is 10.1. The zero-order chi connectivity index (χ0) is 22.1. The van der Waals surface area contributed by atoms with Crippen LogP contribution in [-0.4, -0.2) is 26.5 Å². The van der Waals surface area contributed by atoms with E-state index in [1.807, 2.05) is 25.1 Å². The minimum Gasteiger partial charge on any atom is -0.479 e. The van der Waals surface area contributed by atoms with E-state index in [1.165, 1.54) is 6.33 Å². The van der Waals surface area contributed by atoms with E-state index in [4.69, 9.17) is 0 Å². The van der Waals surface area contributed by atoms with Crippen LogP contribution in [0.15, 0.2) is 65.7 Å². The molecule has 2 heterocycles. The van der Waals surface area contributed by atoms with Gasteiger partial charge in [0.1, 0.15) is 11.2 Å². The van der Waals surface area contributed by atoms with Crippen LogP contribution in [0.4, 0.5) is 5.69 Å². The first-order valence-corrected chi connectivity index (χ1v) is 10.3. The lowest BCUT2D eigenvalue weighted by Gasteiger charge is -2.15. The Morgan fingerprint density at radius 3 is 2.42 bits per heavy atom. The second-order valence-electron chi connectivity index (χ2n) is 7.11. The Morgan fingerprint density at radius 1 is 1.06 bits per heavy atom. The minimum atomic E-state index is -1.21. The van der Waals surface area contributed by atoms with Gasteiger partial charge in [-0.2, -0.15) is 0 Å². The first kappa shape index (κ1) is 20.5. The van der Waals surface area contributed by atoms with Crippen LogP contribution >= 0.6 is 11.3 Å². The smallest absolute Gasteiger partial charge is 0.331 e. The van der Waals surface area contributed by atoms with E-state index < -0.39 is 17.6 Å². The van der Waals surface area contributed by atoms with Crippen molar-refractivity contribution in [3.05, 3.63) is 92.8 Å². The van der Waals surface area contributed by atoms with Crippen LogP contribution in [-0.2, 0) is 4.79 Å². The van der Waals surface area contributed by atoms with Gasteiger partial charge in [0.25, 0.3) is 11.5 Å². The fourth-order valence-corrected chi connectivity index (χ4v) is 4.52. The number of aryl methyl sites for hydroxylation is 2. The average molecular weight is 433 g/mol. The van der Waals surface area contributed by atoms with Crippen molar-refractivity contribution in [2.24, 2.45) is 0 Å². The van der Waals surface area contributed by atoms with E-state index in [2.05, 4.69) is 10.3 Å². The molecule has 0 fully saturated rings. The molecule has 0 spiro atoms. The fourth-order valence-electron chi connectivity index (χ4n) is 3.49. The molecule has 0 aliphatic carbocycles. The van der Waals surface area contributed by atoms with Gasteiger partial charge in [-0.1, -0.05) is 48.5 Å². The molecule has 156 valence electrons. The molecule has 2 aromatic heterocycles. The van der Waals surface area contributed by atoms with Crippen LogP contribution in [0, 0.1) is 13.8 Å². The van der Waals surface area contributed by atoms with Crippen LogP contribution in [0.3, 0.4) is 0 Å². The number of carboxylic acid groups (broad SMARTS) is 1. The highest BCUT2D eigenvalue weighted by molar-refractivity contribution is 7.20. The highest BCUT2D eigenvalue weighted by atomic mass is 32.1. The maximum Gasteiger partial charge on any atom is 0.331 e. The van der Waals surface area contributed by atoms with E-state index in [0.717, 1.165) is 21.5 Å². The van der Waals surface area contributed by atoms with E-state index >= 15 is 0 Å². The molecule has 8 heteroatoms. The van der Waals surface area contributed by atoms with Crippen molar-refractivity contribution in [1.82, 2.24) is 9.55 Å². The number of aromatic nitrogens is 2. The maximum absolute atomic E-state index is 13.3. The maximum atomic E-state index is 13.3. The number of fused-ring (bicyclic) bond motifs is 1. The summed E-state index contributed by atoms with van der Waals surface area (Å²) < 4.78 is 1.10. The summed E-state index contributed by atoms with van der Waals surface area (Å²) in [6, 6.07) is 14.7. The molecule has 0 radical (unpaired) electrons. The van der Waals surface area contributed by atoms with Crippen LogP contribution in [0.2, 0.25) is 0 Å². The summed E-state index contributed by atoms with van der Waals surface area (Å²) in [5.41, 5.74) is 2.05. The van der Waals surface area contributed by atoms with Crippen molar-refractivity contribution in [2.75, 3.05) is 5.32 Å². The fraction of sp³-hybridized carbons (Fsp3) is 0.130. The van der Waals surface area contributed by atoms with Gasteiger partial charge in [-0.25, -0.2) is 9.78 Å². The number of benzene rings is 2. The molecular weight excluding hydrogens is 414 g/mol. The summed E-state index contributed by atoms with van der Waals surface area (Å²) in [6.45, 7) is 3.57. The molecule has 31 heavy (non-hydrogen) atoms. The number of thiophene rings is 1. The van der Waals surface area contributed by atoms with Gasteiger partial charge in [-0.15, -0.1) is 11.3 Å². The number of amides is 1. The Hall–Kier alpha value is -3.78. The normalized spacial score (nSPS) is 11.9. The lowest BCUT2D eigenvalue weighted by molar-refractivity contribution is -0.139. The number of hydrogen-bond donors (Lipinski definition) is 2. The molecule has 4 rings (SSSR count). The van der Waals surface area contributed by atoms with E-state index in [1.54, 1.807) is 43.3 Å². The summed E-state index contributed by atoms with van der Waals surface area (Å²) in [4.78, 5) is 43.2. The number of para-hydroxylation sites is 1. The molecule has 4 aromatic rings. The second kappa shape index (κ2) is 8.16. The number of hydrogen-bond acceptors (Lipinski definition) is 5. The van der Waals surface area contributed by atoms with Crippen LogP contribution in [0.5, 0.6) is 0 Å². The molecule has 2 N–H and O–H groups in total. The highest BCUT2D eigenvalue weighted by Gasteiger charge is 2.26. The Balaban J connectivity index is 1.79. The van der Waals surface area contributed by atoms with Gasteiger partial charge in [-0.05, 0) is 36.6 Å². The number of carboxylic acids is 1. The molecule has 1 amide bonds. The SMILES string of the molecule is Cc1ccccc1NC(=O)c1sc2ncn(C(C(=O)O)c3ccccc3)c(=O)c2c1C. The molecule has 0 aliphatic rings. The lowest BCUT2D eigenvalue weighted by Crippen LogP contribution is -2.30. The first-order chi connectivity index (χ1) is 14.9. The quantitative estimate of drug-likeness (QED) is 0.495. The van der Waals surface area contributed by atoms with Crippen LogP contribution in [0.1, 0.15) is 32.4 Å². The Labute approximate surface area is 181 Å². The number of rotatable bonds is 5. The molecule has 2 aromatic carbocycles. The number of nitrogens with zero attached hydrogens (tertiary/aromatic N) is 2. The van der Waals surface area contributed by atoms with Crippen molar-refractivity contribution in [3.8, 4) is 0 Å². The molecule has 0 aliphatic heterocycles. The van der Waals surface area contributed by atoms with E-state index in [9.17, 15) is 19.5 Å². The summed E-state index contributed by atoms with van der Waals surface area (Å²) in [6.07, 6.45) is 1.23. The highest BCUT2D eigenvalue weighted by Crippen LogP contribution is 2.29. The van der Waals surface area contributed by atoms with E-state index in [0.29, 0.717) is 26.5 Å². The van der Waals surface area contributed by atoms with Gasteiger partial charge < -0.3 is 10.4 Å². The third kappa shape index (κ3) is 3.73. The molecular formula is C23H19N3O4S. The number of anilines is 1. The predicted octanol–water partition coefficient (Wildman–Crippen LogP) is 4.00. The number of carbonyl (C=O) groups excluding carboxylic acids is 1. The van der Waals surface area contributed by atoms with Gasteiger partial charge in [0.05, 0.1) is 10.3 Å². The Morgan fingerprint density at radius 2 is 1.74 bits per heavy atom. The second-order valence-corrected chi connectivity index (χ2v) is 8.11. The van der Waals surface area contributed by atoms with Gasteiger partial charge in [-0.3, -0.25) is 14.2 Å². The summed E-state index contributed by atoms with van der Waals surface area (Å²) in [5, 5.41) is 12.9. The van der Waals surface area contributed by atoms with Crippen molar-refractivity contribution >= 4 is 39.1 Å². The average Bonchev–Trinajstić information content (AvgIpc) is 3.09. The Kier molecular flexibility index (Phi) is 5.39. The van der Waals surface area contributed by atoms with Gasteiger partial charge in [0, 0.05) is 5.69 Å². The van der Waals surface area contributed by atoms with E-state index in [-0.39, 0.29) is 11.3 Å². The number of nitrogens with one attached hydrogen (secondary N) is 1. The summed E-state index contributed by atoms with van der Waals surface area (Å²) >= 11 is 1.11. The third-order valence-corrected chi connectivity index (χ3v) is 6.30. The molecule has 1 atom stereocenters. The molecule has 7 nitrogen and oxygen atoms in total. The van der Waals surface area contributed by atoms with Crippen LogP contribution < -0.4 is 10.9 Å². The number of aliphatic carboxylic acids is 1. The molecule has 0 bridgehead atoms. The van der Waals surface area contributed by atoms with Gasteiger partial charge >= 0.3 is 5.97 Å². The standard InChI is InChI=1S/C23H19N3O4S/c1-13-8-6-7-11-16(13)25-20(27)19-14(2)17-21(31-19)24-12-26(22(17)28)18(23(29)30)15-9-4-3-5-10-15/h3-12,18H,1-2H3,(H,25,27)(H,29,30). The Bertz CT molecular complexity index is 1360. The summed E-state index contributed by atoms with van der Waals surface area (Å²) in [7, 11) is 0. The summed E-state index contributed by atoms with van der Waals surface area (Å²) in [5.74, 6) is -1.50. The zero-order valence-electron chi connectivity index (χ0n) is 16.8. The predicted molar refractivity (Wildman–Crippen MR) is 120 cm³/mol. The van der Waals surface area contributed by atoms with Crippen LogP contribution in [0.25, 0.3) is 10.2 Å². The molecule has 0 saturated heterocycles. The molecule has 0 saturated carbocycles. The largest absolute Gasteiger partial charge is 0.479 e. The van der Waals surface area contributed by atoms with Crippen molar-refractivity contribution in [1.29, 1.82) is 0 Å². The first-order valence-electron chi connectivity index (χ1n) is 9.53. The monoisotopic (exact) mass is 433 g/mol. The third-order valence-electron chi connectivity index (χ3n) is 5.10. The number of carbonyl (C=O) groups is 2. The van der Waals surface area contributed by atoms with Gasteiger partial charge in [0.2, 0.25) is 0 Å². The van der Waals surface area contributed by atoms with Crippen molar-refractivity contribution in [2.45, 2.75) is 19.9 Å². The van der Waals surface area contributed by atoms with Gasteiger partial charge in [0.15, 0.2) is 6.04 Å². The zero-order valence-corrected chi connectivity index (χ0v) is 17.6. The topological polar surface area (TPSA) is 101 Å². The molecule has 1 unspecified atom stereocenters. The van der Waals surface area contributed by atoms with Crippen molar-refractivity contribution < 1.29 is 14.7 Å². The van der Waals surface area contributed by atoms with Crippen molar-refractivity contribution in [3.63, 3.8) is 0 Å².